The number of hydrogen-bond donors (Lipinski definition) is 1. The van der Waals surface area contributed by atoms with E-state index in [1.807, 2.05) is 18.2 Å². The fraction of sp³-hybridized carbons (Fsp3) is 0.100. The molecule has 1 aromatic carbocycles. The van der Waals surface area contributed by atoms with Crippen molar-refractivity contribution in [2.24, 2.45) is 5.73 Å². The first kappa shape index (κ1) is 8.66. The number of pyridine rings is 1. The Morgan fingerprint density at radius 3 is 2.92 bits per heavy atom. The summed E-state index contributed by atoms with van der Waals surface area (Å²) in [6.45, 7) is 0.572. The fourth-order valence-corrected chi connectivity index (χ4v) is 1.63. The minimum Gasteiger partial charge on any atom is -0.326 e. The number of fused-ring (bicyclic) bond motifs is 1. The SMILES string of the molecule is NCc1ccc2ncc(Br)cc2c1. The molecule has 0 aliphatic rings. The van der Waals surface area contributed by atoms with Gasteiger partial charge < -0.3 is 5.73 Å². The van der Waals surface area contributed by atoms with Gasteiger partial charge in [-0.25, -0.2) is 0 Å². The zero-order valence-electron chi connectivity index (χ0n) is 7.00. The maximum atomic E-state index is 5.55. The molecule has 0 amide bonds. The molecule has 3 heteroatoms. The zero-order chi connectivity index (χ0) is 9.26. The van der Waals surface area contributed by atoms with Gasteiger partial charge in [-0.1, -0.05) is 6.07 Å². The van der Waals surface area contributed by atoms with Gasteiger partial charge in [-0.3, -0.25) is 4.98 Å². The molecule has 2 rings (SSSR count). The van der Waals surface area contributed by atoms with Crippen LogP contribution in [0.4, 0.5) is 0 Å². The summed E-state index contributed by atoms with van der Waals surface area (Å²) in [5.41, 5.74) is 7.68. The predicted molar refractivity (Wildman–Crippen MR) is 57.3 cm³/mol. The number of halogens is 1. The van der Waals surface area contributed by atoms with Gasteiger partial charge in [0.05, 0.1) is 5.52 Å². The molecule has 1 heterocycles. The molecule has 0 aliphatic carbocycles. The highest BCUT2D eigenvalue weighted by Gasteiger charge is 1.96. The Morgan fingerprint density at radius 1 is 1.31 bits per heavy atom. The topological polar surface area (TPSA) is 38.9 Å². The molecule has 0 saturated carbocycles. The maximum Gasteiger partial charge on any atom is 0.0703 e. The average Bonchev–Trinajstić information content (AvgIpc) is 2.16. The minimum absolute atomic E-state index is 0.572. The first-order chi connectivity index (χ1) is 6.29. The zero-order valence-corrected chi connectivity index (χ0v) is 8.58. The van der Waals surface area contributed by atoms with Crippen LogP contribution in [0, 0.1) is 0 Å². The summed E-state index contributed by atoms with van der Waals surface area (Å²) in [4.78, 5) is 4.27. The lowest BCUT2D eigenvalue weighted by Crippen LogP contribution is -1.95. The molecule has 2 N–H and O–H groups in total. The number of hydrogen-bond acceptors (Lipinski definition) is 2. The lowest BCUT2D eigenvalue weighted by atomic mass is 10.1. The van der Waals surface area contributed by atoms with Crippen molar-refractivity contribution >= 4 is 26.8 Å². The second-order valence-corrected chi connectivity index (χ2v) is 3.80. The Hall–Kier alpha value is -0.930. The number of benzene rings is 1. The van der Waals surface area contributed by atoms with Crippen LogP contribution in [-0.4, -0.2) is 4.98 Å². The number of aromatic nitrogens is 1. The lowest BCUT2D eigenvalue weighted by molar-refractivity contribution is 1.07. The van der Waals surface area contributed by atoms with Crippen molar-refractivity contribution < 1.29 is 0 Å². The number of rotatable bonds is 1. The van der Waals surface area contributed by atoms with Crippen LogP contribution in [0.1, 0.15) is 5.56 Å². The van der Waals surface area contributed by atoms with E-state index in [1.54, 1.807) is 6.20 Å². The van der Waals surface area contributed by atoms with Gasteiger partial charge in [0, 0.05) is 22.6 Å². The molecule has 66 valence electrons. The molecule has 0 bridgehead atoms. The quantitative estimate of drug-likeness (QED) is 0.827. The largest absolute Gasteiger partial charge is 0.326 e. The average molecular weight is 237 g/mol. The summed E-state index contributed by atoms with van der Waals surface area (Å²) in [5, 5.41) is 1.12. The Balaban J connectivity index is 2.68. The second-order valence-electron chi connectivity index (χ2n) is 2.88. The van der Waals surface area contributed by atoms with Crippen LogP contribution in [0.15, 0.2) is 34.9 Å². The van der Waals surface area contributed by atoms with E-state index in [9.17, 15) is 0 Å². The molecular weight excluding hydrogens is 228 g/mol. The molecule has 0 fully saturated rings. The molecule has 0 spiro atoms. The molecule has 2 aromatic rings. The smallest absolute Gasteiger partial charge is 0.0703 e. The Morgan fingerprint density at radius 2 is 2.15 bits per heavy atom. The van der Waals surface area contributed by atoms with Gasteiger partial charge in [0.1, 0.15) is 0 Å². The predicted octanol–water partition coefficient (Wildman–Crippen LogP) is 2.46. The van der Waals surface area contributed by atoms with E-state index >= 15 is 0 Å². The first-order valence-electron chi connectivity index (χ1n) is 4.04. The monoisotopic (exact) mass is 236 g/mol. The van der Waals surface area contributed by atoms with Crippen LogP contribution >= 0.6 is 15.9 Å². The third kappa shape index (κ3) is 1.71. The molecule has 0 unspecified atom stereocenters. The van der Waals surface area contributed by atoms with Crippen molar-refractivity contribution in [2.75, 3.05) is 0 Å². The Labute approximate surface area is 84.9 Å². The summed E-state index contributed by atoms with van der Waals surface area (Å²) >= 11 is 3.39. The van der Waals surface area contributed by atoms with Crippen LogP contribution in [0.3, 0.4) is 0 Å². The second kappa shape index (κ2) is 3.44. The summed E-state index contributed by atoms with van der Waals surface area (Å²) in [6.07, 6.45) is 1.80. The standard InChI is InChI=1S/C10H9BrN2/c11-9-4-8-3-7(5-12)1-2-10(8)13-6-9/h1-4,6H,5,12H2. The van der Waals surface area contributed by atoms with Crippen molar-refractivity contribution in [3.63, 3.8) is 0 Å². The van der Waals surface area contributed by atoms with Gasteiger partial charge in [0.25, 0.3) is 0 Å². The van der Waals surface area contributed by atoms with E-state index < -0.39 is 0 Å². The normalized spacial score (nSPS) is 10.6. The van der Waals surface area contributed by atoms with E-state index in [0.717, 1.165) is 20.9 Å². The highest BCUT2D eigenvalue weighted by Crippen LogP contribution is 2.18. The van der Waals surface area contributed by atoms with E-state index in [2.05, 4.69) is 27.0 Å². The van der Waals surface area contributed by atoms with E-state index in [-0.39, 0.29) is 0 Å². The van der Waals surface area contributed by atoms with E-state index in [4.69, 9.17) is 5.73 Å². The highest BCUT2D eigenvalue weighted by atomic mass is 79.9. The minimum atomic E-state index is 0.572. The van der Waals surface area contributed by atoms with Gasteiger partial charge in [0.2, 0.25) is 0 Å². The summed E-state index contributed by atoms with van der Waals surface area (Å²) in [6, 6.07) is 8.10. The molecule has 0 saturated heterocycles. The van der Waals surface area contributed by atoms with Crippen molar-refractivity contribution in [3.8, 4) is 0 Å². The third-order valence-corrected chi connectivity index (χ3v) is 2.38. The highest BCUT2D eigenvalue weighted by molar-refractivity contribution is 9.10. The van der Waals surface area contributed by atoms with Crippen molar-refractivity contribution in [2.45, 2.75) is 6.54 Å². The molecule has 0 aliphatic heterocycles. The molecule has 13 heavy (non-hydrogen) atoms. The van der Waals surface area contributed by atoms with Crippen LogP contribution in [-0.2, 0) is 6.54 Å². The van der Waals surface area contributed by atoms with Gasteiger partial charge >= 0.3 is 0 Å². The number of nitrogens with zero attached hydrogens (tertiary/aromatic N) is 1. The summed E-state index contributed by atoms with van der Waals surface area (Å²) in [5.74, 6) is 0. The summed E-state index contributed by atoms with van der Waals surface area (Å²) in [7, 11) is 0. The van der Waals surface area contributed by atoms with Crippen LogP contribution in [0.5, 0.6) is 0 Å². The third-order valence-electron chi connectivity index (χ3n) is 1.95. The fourth-order valence-electron chi connectivity index (χ4n) is 1.28. The van der Waals surface area contributed by atoms with Gasteiger partial charge in [-0.05, 0) is 39.7 Å². The molecule has 2 nitrogen and oxygen atoms in total. The van der Waals surface area contributed by atoms with Gasteiger partial charge in [-0.2, -0.15) is 0 Å². The van der Waals surface area contributed by atoms with Crippen LogP contribution in [0.2, 0.25) is 0 Å². The Kier molecular flexibility index (Phi) is 2.29. The van der Waals surface area contributed by atoms with E-state index in [1.165, 1.54) is 0 Å². The van der Waals surface area contributed by atoms with Gasteiger partial charge in [-0.15, -0.1) is 0 Å². The number of nitrogens with two attached hydrogens (primary N) is 1. The molecular formula is C10H9BrN2. The maximum absolute atomic E-state index is 5.55. The first-order valence-corrected chi connectivity index (χ1v) is 4.83. The Bertz CT molecular complexity index is 440. The van der Waals surface area contributed by atoms with Gasteiger partial charge in [0.15, 0.2) is 0 Å². The van der Waals surface area contributed by atoms with Crippen molar-refractivity contribution in [1.29, 1.82) is 0 Å². The lowest BCUT2D eigenvalue weighted by Gasteiger charge is -2.00. The van der Waals surface area contributed by atoms with Crippen molar-refractivity contribution in [1.82, 2.24) is 4.98 Å². The molecule has 1 aromatic heterocycles. The van der Waals surface area contributed by atoms with Crippen molar-refractivity contribution in [3.05, 3.63) is 40.5 Å². The van der Waals surface area contributed by atoms with E-state index in [0.29, 0.717) is 6.54 Å². The molecule has 0 radical (unpaired) electrons. The van der Waals surface area contributed by atoms with Crippen LogP contribution < -0.4 is 5.73 Å². The summed E-state index contributed by atoms with van der Waals surface area (Å²) < 4.78 is 0.995. The molecule has 0 atom stereocenters. The van der Waals surface area contributed by atoms with Crippen LogP contribution in [0.25, 0.3) is 10.9 Å².